The Labute approximate surface area is 221 Å². The minimum absolute atomic E-state index is 0.0275. The third-order valence-corrected chi connectivity index (χ3v) is 7.69. The van der Waals surface area contributed by atoms with E-state index in [4.69, 9.17) is 16.3 Å². The van der Waals surface area contributed by atoms with Gasteiger partial charge in [-0.1, -0.05) is 35.9 Å². The molecule has 1 amide bonds. The van der Waals surface area contributed by atoms with Crippen molar-refractivity contribution in [2.24, 2.45) is 0 Å². The molecule has 0 saturated heterocycles. The smallest absolute Gasteiger partial charge is 0.263 e. The number of aromatic nitrogens is 3. The molecule has 1 aliphatic rings. The number of halogens is 3. The number of hydrogen-bond acceptors (Lipinski definition) is 6. The molecule has 1 unspecified atom stereocenters. The minimum Gasteiger partial charge on any atom is -0.494 e. The summed E-state index contributed by atoms with van der Waals surface area (Å²) < 4.78 is 31.3. The van der Waals surface area contributed by atoms with Gasteiger partial charge < -0.3 is 4.74 Å². The summed E-state index contributed by atoms with van der Waals surface area (Å²) in [6.07, 6.45) is 2.95. The van der Waals surface area contributed by atoms with Crippen LogP contribution in [0, 0.1) is 6.92 Å². The van der Waals surface area contributed by atoms with Gasteiger partial charge in [0.2, 0.25) is 0 Å². The van der Waals surface area contributed by atoms with E-state index in [0.29, 0.717) is 27.6 Å². The second-order valence-corrected chi connectivity index (χ2v) is 10.3. The summed E-state index contributed by atoms with van der Waals surface area (Å²) in [5.41, 5.74) is 4.38. The number of ether oxygens (including phenoxy) is 1. The van der Waals surface area contributed by atoms with Crippen LogP contribution in [0.5, 0.6) is 5.75 Å². The van der Waals surface area contributed by atoms with Crippen LogP contribution in [0.25, 0.3) is 11.1 Å². The highest BCUT2D eigenvalue weighted by molar-refractivity contribution is 7.15. The Balaban J connectivity index is 1.37. The zero-order valence-corrected chi connectivity index (χ0v) is 21.7. The van der Waals surface area contributed by atoms with Crippen LogP contribution in [0.1, 0.15) is 56.5 Å². The van der Waals surface area contributed by atoms with E-state index in [1.54, 1.807) is 24.3 Å². The van der Waals surface area contributed by atoms with E-state index in [9.17, 15) is 13.6 Å². The summed E-state index contributed by atoms with van der Waals surface area (Å²) in [6.45, 7) is 1.84. The van der Waals surface area contributed by atoms with Crippen molar-refractivity contribution in [2.45, 2.75) is 38.5 Å². The molecule has 0 saturated carbocycles. The van der Waals surface area contributed by atoms with Crippen molar-refractivity contribution in [1.82, 2.24) is 15.0 Å². The Morgan fingerprint density at radius 2 is 1.95 bits per heavy atom. The van der Waals surface area contributed by atoms with Crippen LogP contribution in [0.15, 0.2) is 48.8 Å². The second kappa shape index (κ2) is 10.5. The number of methoxy groups -OCH3 is 1. The summed E-state index contributed by atoms with van der Waals surface area (Å²) in [6, 6.07) is 10.0. The lowest BCUT2D eigenvalue weighted by Crippen LogP contribution is -2.14. The van der Waals surface area contributed by atoms with Crippen molar-refractivity contribution < 1.29 is 18.3 Å². The summed E-state index contributed by atoms with van der Waals surface area (Å²) >= 11 is 7.58. The first kappa shape index (κ1) is 25.2. The van der Waals surface area contributed by atoms with Gasteiger partial charge in [0.25, 0.3) is 12.3 Å². The molecule has 1 N–H and O–H groups in total. The lowest BCUT2D eigenvalue weighted by atomic mass is 9.85. The van der Waals surface area contributed by atoms with Crippen LogP contribution in [0.3, 0.4) is 0 Å². The number of thiazole rings is 1. The van der Waals surface area contributed by atoms with Gasteiger partial charge in [0, 0.05) is 33.5 Å². The van der Waals surface area contributed by atoms with Crippen LogP contribution in [-0.2, 0) is 12.8 Å². The van der Waals surface area contributed by atoms with E-state index in [-0.39, 0.29) is 22.5 Å². The Morgan fingerprint density at radius 1 is 1.16 bits per heavy atom. The lowest BCUT2D eigenvalue weighted by molar-refractivity contribution is 0.102. The van der Waals surface area contributed by atoms with Crippen molar-refractivity contribution in [2.75, 3.05) is 12.4 Å². The van der Waals surface area contributed by atoms with Crippen molar-refractivity contribution in [3.05, 3.63) is 86.9 Å². The van der Waals surface area contributed by atoms with Gasteiger partial charge in [-0.15, -0.1) is 11.3 Å². The fourth-order valence-electron chi connectivity index (χ4n) is 4.55. The van der Waals surface area contributed by atoms with Gasteiger partial charge in [0.1, 0.15) is 10.9 Å². The van der Waals surface area contributed by atoms with Crippen molar-refractivity contribution in [3.63, 3.8) is 0 Å². The molecule has 0 radical (unpaired) electrons. The predicted octanol–water partition coefficient (Wildman–Crippen LogP) is 7.03. The van der Waals surface area contributed by atoms with Crippen LogP contribution < -0.4 is 10.1 Å². The molecule has 37 heavy (non-hydrogen) atoms. The molecule has 0 aliphatic heterocycles. The highest BCUT2D eigenvalue weighted by Crippen LogP contribution is 2.38. The molecule has 1 aromatic carbocycles. The number of pyridine rings is 2. The molecule has 0 fully saturated rings. The molecule has 4 aromatic rings. The number of fused-ring (bicyclic) bond motifs is 1. The summed E-state index contributed by atoms with van der Waals surface area (Å²) in [7, 11) is 1.53. The average molecular weight is 541 g/mol. The fourth-order valence-corrected chi connectivity index (χ4v) is 5.79. The van der Waals surface area contributed by atoms with Crippen LogP contribution in [0.2, 0.25) is 5.15 Å². The first-order chi connectivity index (χ1) is 17.8. The van der Waals surface area contributed by atoms with Gasteiger partial charge in [-0.2, -0.15) is 0 Å². The van der Waals surface area contributed by atoms with Crippen molar-refractivity contribution >= 4 is 34.0 Å². The number of benzene rings is 1. The van der Waals surface area contributed by atoms with E-state index in [1.165, 1.54) is 43.0 Å². The van der Waals surface area contributed by atoms with Gasteiger partial charge >= 0.3 is 0 Å². The fraction of sp³-hybridized carbons (Fsp3) is 0.259. The van der Waals surface area contributed by atoms with Crippen LogP contribution >= 0.6 is 22.9 Å². The second-order valence-electron chi connectivity index (χ2n) is 8.83. The molecule has 10 heteroatoms. The quantitative estimate of drug-likeness (QED) is 0.266. The number of amides is 1. The molecule has 3 aromatic heterocycles. The summed E-state index contributed by atoms with van der Waals surface area (Å²) in [5.74, 6) is 0.365. The monoisotopic (exact) mass is 540 g/mol. The molecule has 1 aliphatic carbocycles. The molecule has 190 valence electrons. The van der Waals surface area contributed by atoms with Gasteiger partial charge in [0.05, 0.1) is 24.6 Å². The number of rotatable bonds is 6. The number of carbonyl (C=O) groups is 1. The first-order valence-corrected chi connectivity index (χ1v) is 12.9. The van der Waals surface area contributed by atoms with Crippen molar-refractivity contribution in [1.29, 1.82) is 0 Å². The van der Waals surface area contributed by atoms with Crippen molar-refractivity contribution in [3.8, 4) is 16.9 Å². The minimum atomic E-state index is -2.47. The first-order valence-electron chi connectivity index (χ1n) is 11.7. The molecule has 5 rings (SSSR count). The molecular formula is C27H23ClF2N4O2S. The standard InChI is InChI=1S/C27H23ClF2N4O2S/c1-14-9-18(19-11-24(28)32-13-22(19)36-2)20(12-31-14)26(35)34-27-33-21-8-7-17(10-23(21)37-27)15-3-5-16(6-4-15)25(29)30/h3-6,9,11-13,17,25H,7-8,10H2,1-2H3,(H,33,34,35). The molecule has 6 nitrogen and oxygen atoms in total. The molecule has 3 heterocycles. The number of aryl methyl sites for hydroxylation is 2. The van der Waals surface area contributed by atoms with Crippen LogP contribution in [-0.4, -0.2) is 28.0 Å². The average Bonchev–Trinajstić information content (AvgIpc) is 3.30. The number of hydrogen-bond donors (Lipinski definition) is 1. The van der Waals surface area contributed by atoms with E-state index in [2.05, 4.69) is 20.3 Å². The zero-order valence-electron chi connectivity index (χ0n) is 20.1. The van der Waals surface area contributed by atoms with E-state index in [1.807, 2.05) is 6.92 Å². The molecule has 1 atom stereocenters. The number of alkyl halides is 2. The number of carbonyl (C=O) groups excluding carboxylic acids is 1. The maximum Gasteiger partial charge on any atom is 0.263 e. The Bertz CT molecular complexity index is 1460. The molecule has 0 bridgehead atoms. The van der Waals surface area contributed by atoms with Gasteiger partial charge in [-0.25, -0.2) is 18.7 Å². The Kier molecular flexibility index (Phi) is 7.17. The third-order valence-electron chi connectivity index (χ3n) is 6.45. The normalized spacial score (nSPS) is 14.9. The van der Waals surface area contributed by atoms with Gasteiger partial charge in [-0.05, 0) is 49.8 Å². The highest BCUT2D eigenvalue weighted by atomic mass is 35.5. The Morgan fingerprint density at radius 3 is 2.68 bits per heavy atom. The number of nitrogens with zero attached hydrogens (tertiary/aromatic N) is 3. The van der Waals surface area contributed by atoms with Gasteiger partial charge in [0.15, 0.2) is 5.13 Å². The third kappa shape index (κ3) is 5.33. The SMILES string of the molecule is COc1cnc(Cl)cc1-c1cc(C)ncc1C(=O)Nc1nc2c(s1)CC(c1ccc(C(F)F)cc1)CC2. The maximum atomic E-state index is 13.4. The number of anilines is 1. The van der Waals surface area contributed by atoms with E-state index < -0.39 is 6.43 Å². The maximum absolute atomic E-state index is 13.4. The van der Waals surface area contributed by atoms with Gasteiger partial charge in [-0.3, -0.25) is 15.1 Å². The Hall–Kier alpha value is -3.43. The molecular weight excluding hydrogens is 518 g/mol. The van der Waals surface area contributed by atoms with Crippen LogP contribution in [0.4, 0.5) is 13.9 Å². The lowest BCUT2D eigenvalue weighted by Gasteiger charge is -2.21. The summed E-state index contributed by atoms with van der Waals surface area (Å²) in [4.78, 5) is 27.5. The largest absolute Gasteiger partial charge is 0.494 e. The molecule has 0 spiro atoms. The summed E-state index contributed by atoms with van der Waals surface area (Å²) in [5, 5.41) is 3.72. The highest BCUT2D eigenvalue weighted by Gasteiger charge is 2.25. The predicted molar refractivity (Wildman–Crippen MR) is 140 cm³/mol. The zero-order chi connectivity index (χ0) is 26.1. The van der Waals surface area contributed by atoms with E-state index >= 15 is 0 Å². The number of nitrogens with one attached hydrogen (secondary N) is 1. The van der Waals surface area contributed by atoms with E-state index in [0.717, 1.165) is 41.1 Å². The topological polar surface area (TPSA) is 77.0 Å².